The summed E-state index contributed by atoms with van der Waals surface area (Å²) in [6.45, 7) is 0. The monoisotopic (exact) mass is 300 g/mol. The summed E-state index contributed by atoms with van der Waals surface area (Å²) in [7, 11) is 0. The lowest BCUT2D eigenvalue weighted by Gasteiger charge is -2.21. The van der Waals surface area contributed by atoms with Gasteiger partial charge < -0.3 is 5.73 Å². The summed E-state index contributed by atoms with van der Waals surface area (Å²) in [5, 5.41) is 2.90. The van der Waals surface area contributed by atoms with Crippen molar-refractivity contribution in [3.8, 4) is 0 Å². The van der Waals surface area contributed by atoms with Crippen molar-refractivity contribution in [3.63, 3.8) is 0 Å². The van der Waals surface area contributed by atoms with Crippen LogP contribution in [0.25, 0.3) is 0 Å². The Bertz CT molecular complexity index is 542. The third kappa shape index (κ3) is 2.66. The lowest BCUT2D eigenvalue weighted by molar-refractivity contribution is -0.120. The molecule has 6 heteroatoms. The minimum atomic E-state index is -1.30. The van der Waals surface area contributed by atoms with Gasteiger partial charge in [0.1, 0.15) is 5.01 Å². The molecule has 0 aliphatic rings. The number of benzene rings is 1. The smallest absolute Gasteiger partial charge is 0.246 e. The zero-order valence-corrected chi connectivity index (χ0v) is 11.6. The summed E-state index contributed by atoms with van der Waals surface area (Å²) in [6, 6.07) is 7.13. The van der Waals surface area contributed by atoms with Crippen molar-refractivity contribution in [2.45, 2.75) is 11.3 Å². The summed E-state index contributed by atoms with van der Waals surface area (Å²) in [5.41, 5.74) is 6.29. The van der Waals surface area contributed by atoms with E-state index in [4.69, 9.17) is 28.9 Å². The Labute approximate surface area is 119 Å². The summed E-state index contributed by atoms with van der Waals surface area (Å²) in [5.74, 6) is -0.603. The van der Waals surface area contributed by atoms with E-state index < -0.39 is 10.8 Å². The van der Waals surface area contributed by atoms with Crippen LogP contribution in [-0.2, 0) is 16.1 Å². The van der Waals surface area contributed by atoms with Crippen molar-refractivity contribution >= 4 is 40.4 Å². The molecule has 0 aliphatic carbocycles. The second kappa shape index (κ2) is 5.26. The number of rotatable bonds is 4. The zero-order chi connectivity index (χ0) is 13.2. The highest BCUT2D eigenvalue weighted by atomic mass is 35.5. The maximum atomic E-state index is 11.6. The van der Waals surface area contributed by atoms with Gasteiger partial charge in [-0.3, -0.25) is 4.79 Å². The molecule has 1 aromatic carbocycles. The van der Waals surface area contributed by atoms with E-state index in [0.717, 1.165) is 5.56 Å². The first-order valence-electron chi connectivity index (χ1n) is 5.15. The number of carbonyl (C=O) groups excluding carboxylic acids is 1. The molecule has 18 heavy (non-hydrogen) atoms. The largest absolute Gasteiger partial charge is 0.368 e. The number of aromatic nitrogens is 1. The van der Waals surface area contributed by atoms with Crippen molar-refractivity contribution in [3.05, 3.63) is 51.4 Å². The minimum absolute atomic E-state index is 0.286. The van der Waals surface area contributed by atoms with Gasteiger partial charge in [0.25, 0.3) is 0 Å². The summed E-state index contributed by atoms with van der Waals surface area (Å²) in [4.78, 5) is 14.4. The van der Waals surface area contributed by atoms with Crippen molar-refractivity contribution < 1.29 is 4.79 Å². The van der Waals surface area contributed by atoms with E-state index in [0.29, 0.717) is 10.0 Å². The Balaban J connectivity index is 2.32. The van der Waals surface area contributed by atoms with E-state index in [-0.39, 0.29) is 6.42 Å². The van der Waals surface area contributed by atoms with Gasteiger partial charge >= 0.3 is 0 Å². The molecule has 0 saturated heterocycles. The molecule has 1 heterocycles. The summed E-state index contributed by atoms with van der Waals surface area (Å²) in [6.07, 6.45) is 1.89. The molecule has 2 rings (SSSR count). The molecular weight excluding hydrogens is 291 g/mol. The number of nitrogens with zero attached hydrogens (tertiary/aromatic N) is 1. The van der Waals surface area contributed by atoms with Crippen LogP contribution >= 0.6 is 34.5 Å². The topological polar surface area (TPSA) is 56.0 Å². The van der Waals surface area contributed by atoms with Gasteiger partial charge in [-0.15, -0.1) is 22.9 Å². The van der Waals surface area contributed by atoms with Gasteiger partial charge in [-0.05, 0) is 17.7 Å². The van der Waals surface area contributed by atoms with Crippen LogP contribution in [0.15, 0.2) is 35.8 Å². The Kier molecular flexibility index (Phi) is 3.90. The molecule has 1 aromatic heterocycles. The quantitative estimate of drug-likeness (QED) is 0.883. The first-order chi connectivity index (χ1) is 8.52. The first kappa shape index (κ1) is 13.3. The number of amides is 1. The van der Waals surface area contributed by atoms with Gasteiger partial charge in [-0.1, -0.05) is 23.7 Å². The number of hydrogen-bond acceptors (Lipinski definition) is 3. The van der Waals surface area contributed by atoms with Crippen LogP contribution < -0.4 is 5.73 Å². The predicted molar refractivity (Wildman–Crippen MR) is 74.0 cm³/mol. The Hall–Kier alpha value is -1.10. The predicted octanol–water partition coefficient (Wildman–Crippen LogP) is 2.96. The number of hydrogen-bond donors (Lipinski definition) is 1. The molecule has 94 valence electrons. The van der Waals surface area contributed by atoms with Gasteiger partial charge in [0.05, 0.1) is 0 Å². The molecule has 0 radical (unpaired) electrons. The number of carbonyl (C=O) groups is 1. The molecule has 0 saturated carbocycles. The Morgan fingerprint density at radius 3 is 2.56 bits per heavy atom. The SMILES string of the molecule is NC(=O)C(Cl)(Cc1ccc(Cl)cc1)c1nccs1. The van der Waals surface area contributed by atoms with Crippen LogP contribution in [0.5, 0.6) is 0 Å². The fourth-order valence-corrected chi connectivity index (χ4v) is 2.77. The van der Waals surface area contributed by atoms with Crippen molar-refractivity contribution in [1.82, 2.24) is 4.98 Å². The maximum absolute atomic E-state index is 11.6. The number of thiazole rings is 1. The number of alkyl halides is 1. The molecule has 3 nitrogen and oxygen atoms in total. The van der Waals surface area contributed by atoms with Crippen LogP contribution in [0, 0.1) is 0 Å². The second-order valence-corrected chi connectivity index (χ2v) is 5.78. The van der Waals surface area contributed by atoms with Crippen molar-refractivity contribution in [2.75, 3.05) is 0 Å². The van der Waals surface area contributed by atoms with Gasteiger partial charge in [-0.2, -0.15) is 0 Å². The number of halogens is 2. The zero-order valence-electron chi connectivity index (χ0n) is 9.27. The molecule has 0 spiro atoms. The van der Waals surface area contributed by atoms with E-state index in [1.54, 1.807) is 23.7 Å². The standard InChI is InChI=1S/C12H10Cl2N2OS/c13-9-3-1-8(2-4-9)7-12(14,10(15)17)11-16-5-6-18-11/h1-6H,7H2,(H2,15,17). The molecule has 2 N–H and O–H groups in total. The van der Waals surface area contributed by atoms with Crippen molar-refractivity contribution in [1.29, 1.82) is 0 Å². The normalized spacial score (nSPS) is 14.1. The average molecular weight is 301 g/mol. The highest BCUT2D eigenvalue weighted by molar-refractivity contribution is 7.10. The van der Waals surface area contributed by atoms with Crippen LogP contribution in [-0.4, -0.2) is 10.9 Å². The molecule has 0 bridgehead atoms. The molecule has 1 amide bonds. The van der Waals surface area contributed by atoms with E-state index in [9.17, 15) is 4.79 Å². The molecule has 0 fully saturated rings. The van der Waals surface area contributed by atoms with Gasteiger partial charge in [-0.25, -0.2) is 4.98 Å². The highest BCUT2D eigenvalue weighted by Gasteiger charge is 2.39. The van der Waals surface area contributed by atoms with Crippen molar-refractivity contribution in [2.24, 2.45) is 5.73 Å². The summed E-state index contributed by atoms with van der Waals surface area (Å²) < 4.78 is 0. The first-order valence-corrected chi connectivity index (χ1v) is 6.79. The number of nitrogens with two attached hydrogens (primary N) is 1. The second-order valence-electron chi connectivity index (χ2n) is 3.81. The number of primary amides is 1. The van der Waals surface area contributed by atoms with Crippen LogP contribution in [0.2, 0.25) is 5.02 Å². The third-order valence-electron chi connectivity index (χ3n) is 2.52. The van der Waals surface area contributed by atoms with Crippen LogP contribution in [0.1, 0.15) is 10.6 Å². The fourth-order valence-electron chi connectivity index (χ4n) is 1.57. The lowest BCUT2D eigenvalue weighted by Crippen LogP contribution is -2.38. The molecular formula is C12H10Cl2N2OS. The summed E-state index contributed by atoms with van der Waals surface area (Å²) >= 11 is 13.5. The lowest BCUT2D eigenvalue weighted by atomic mass is 9.98. The average Bonchev–Trinajstić information content (AvgIpc) is 2.86. The molecule has 1 atom stereocenters. The maximum Gasteiger partial charge on any atom is 0.246 e. The van der Waals surface area contributed by atoms with Crippen LogP contribution in [0.3, 0.4) is 0 Å². The van der Waals surface area contributed by atoms with E-state index in [2.05, 4.69) is 4.98 Å². The van der Waals surface area contributed by atoms with Crippen LogP contribution in [0.4, 0.5) is 0 Å². The third-order valence-corrected chi connectivity index (χ3v) is 4.32. The van der Waals surface area contributed by atoms with E-state index >= 15 is 0 Å². The Morgan fingerprint density at radius 1 is 1.39 bits per heavy atom. The van der Waals surface area contributed by atoms with Gasteiger partial charge in [0.15, 0.2) is 4.87 Å². The molecule has 0 aliphatic heterocycles. The fraction of sp³-hybridized carbons (Fsp3) is 0.167. The minimum Gasteiger partial charge on any atom is -0.368 e. The van der Waals surface area contributed by atoms with E-state index in [1.165, 1.54) is 11.3 Å². The van der Waals surface area contributed by atoms with E-state index in [1.807, 2.05) is 12.1 Å². The van der Waals surface area contributed by atoms with Gasteiger partial charge in [0.2, 0.25) is 5.91 Å². The molecule has 1 unspecified atom stereocenters. The molecule has 2 aromatic rings. The Morgan fingerprint density at radius 2 is 2.06 bits per heavy atom. The van der Waals surface area contributed by atoms with Gasteiger partial charge in [0, 0.05) is 23.0 Å². The highest BCUT2D eigenvalue weighted by Crippen LogP contribution is 2.34.